The summed E-state index contributed by atoms with van der Waals surface area (Å²) < 4.78 is 20.3. The van der Waals surface area contributed by atoms with Gasteiger partial charge in [-0.05, 0) is 48.7 Å². The maximum absolute atomic E-state index is 13.9. The van der Waals surface area contributed by atoms with Crippen LogP contribution in [0.1, 0.15) is 47.2 Å². The van der Waals surface area contributed by atoms with E-state index in [0.717, 1.165) is 33.4 Å². The molecule has 1 aliphatic heterocycles. The summed E-state index contributed by atoms with van der Waals surface area (Å²) in [4.78, 5) is 15.1. The summed E-state index contributed by atoms with van der Waals surface area (Å²) in [6.45, 7) is 4.22. The number of methoxy groups -OCH3 is 1. The fourth-order valence-electron chi connectivity index (χ4n) is 3.83. The van der Waals surface area contributed by atoms with Crippen molar-refractivity contribution in [2.45, 2.75) is 26.3 Å². The molecule has 1 amide bonds. The molecule has 150 valence electrons. The number of ether oxygens (including phenoxy) is 1. The average molecular weight is 458 g/mol. The lowest BCUT2D eigenvalue weighted by Crippen LogP contribution is -2.29. The molecule has 0 spiro atoms. The third kappa shape index (κ3) is 3.44. The van der Waals surface area contributed by atoms with Gasteiger partial charge < -0.3 is 4.74 Å². The summed E-state index contributed by atoms with van der Waals surface area (Å²) in [5, 5.41) is 7.36. The normalized spacial score (nSPS) is 15.9. The summed E-state index contributed by atoms with van der Waals surface area (Å²) in [7, 11) is 1.50. The highest BCUT2D eigenvalue weighted by Gasteiger charge is 2.43. The molecule has 0 saturated heterocycles. The quantitative estimate of drug-likeness (QED) is 0.567. The number of benzene rings is 2. The van der Waals surface area contributed by atoms with Crippen LogP contribution in [0, 0.1) is 11.7 Å². The Morgan fingerprint density at radius 2 is 1.97 bits per heavy atom. The van der Waals surface area contributed by atoms with Crippen molar-refractivity contribution in [3.63, 3.8) is 0 Å². The number of nitrogens with zero attached hydrogens (tertiary/aromatic N) is 2. The van der Waals surface area contributed by atoms with Crippen LogP contribution in [0.15, 0.2) is 46.9 Å². The molecule has 4 rings (SSSR count). The highest BCUT2D eigenvalue weighted by Crippen LogP contribution is 2.45. The first-order valence-electron chi connectivity index (χ1n) is 9.40. The smallest absolute Gasteiger partial charge is 0.277 e. The molecule has 3 aromatic rings. The second-order valence-corrected chi connectivity index (χ2v) is 8.41. The number of anilines is 1. The Morgan fingerprint density at radius 1 is 1.24 bits per heavy atom. The van der Waals surface area contributed by atoms with Crippen LogP contribution in [0.5, 0.6) is 5.75 Å². The number of H-pyrrole nitrogens is 1. The zero-order valence-corrected chi connectivity index (χ0v) is 18.0. The van der Waals surface area contributed by atoms with Crippen molar-refractivity contribution in [3.05, 3.63) is 75.3 Å². The molecule has 1 aromatic heterocycles. The average Bonchev–Trinajstić information content (AvgIpc) is 3.21. The van der Waals surface area contributed by atoms with E-state index >= 15 is 0 Å². The van der Waals surface area contributed by atoms with E-state index in [2.05, 4.69) is 40.0 Å². The van der Waals surface area contributed by atoms with Crippen LogP contribution >= 0.6 is 15.9 Å². The van der Waals surface area contributed by atoms with Gasteiger partial charge in [-0.15, -0.1) is 0 Å². The molecule has 1 aliphatic rings. The van der Waals surface area contributed by atoms with Gasteiger partial charge >= 0.3 is 0 Å². The molecule has 0 aliphatic carbocycles. The van der Waals surface area contributed by atoms with Crippen LogP contribution in [-0.4, -0.2) is 23.2 Å². The summed E-state index contributed by atoms with van der Waals surface area (Å²) >= 11 is 3.44. The standard InChI is InChI=1S/C22H21BrFN3O2/c1-12(2)10-17-19-20(26-25-17)22(28)27(15-7-4-13(23)5-8-15)21(19)16-9-6-14(24)11-18(16)29-3/h4-9,11-12,21H,10H2,1-3H3,(H,25,26). The van der Waals surface area contributed by atoms with E-state index in [1.807, 2.05) is 24.3 Å². The van der Waals surface area contributed by atoms with Gasteiger partial charge in [0.2, 0.25) is 0 Å². The van der Waals surface area contributed by atoms with Gasteiger partial charge in [0.05, 0.1) is 18.8 Å². The molecule has 7 heteroatoms. The van der Waals surface area contributed by atoms with Crippen LogP contribution in [-0.2, 0) is 6.42 Å². The Bertz CT molecular complexity index is 1060. The minimum Gasteiger partial charge on any atom is -0.496 e. The summed E-state index contributed by atoms with van der Waals surface area (Å²) in [5.41, 5.74) is 3.61. The van der Waals surface area contributed by atoms with Crippen LogP contribution in [0.4, 0.5) is 10.1 Å². The molecule has 0 saturated carbocycles. The maximum Gasteiger partial charge on any atom is 0.277 e. The lowest BCUT2D eigenvalue weighted by atomic mass is 9.94. The van der Waals surface area contributed by atoms with E-state index in [1.165, 1.54) is 19.2 Å². The number of hydrogen-bond donors (Lipinski definition) is 1. The van der Waals surface area contributed by atoms with Gasteiger partial charge in [0.1, 0.15) is 17.3 Å². The largest absolute Gasteiger partial charge is 0.496 e. The topological polar surface area (TPSA) is 58.2 Å². The minimum absolute atomic E-state index is 0.166. The Hall–Kier alpha value is -2.67. The molecule has 5 nitrogen and oxygen atoms in total. The summed E-state index contributed by atoms with van der Waals surface area (Å²) in [6.07, 6.45) is 0.729. The van der Waals surface area contributed by atoms with Gasteiger partial charge in [-0.1, -0.05) is 29.8 Å². The molecular formula is C22H21BrFN3O2. The number of carbonyl (C=O) groups excluding carboxylic acids is 1. The number of amides is 1. The molecule has 0 radical (unpaired) electrons. The molecule has 1 N–H and O–H groups in total. The lowest BCUT2D eigenvalue weighted by Gasteiger charge is -2.27. The van der Waals surface area contributed by atoms with Gasteiger partial charge in [0.15, 0.2) is 0 Å². The van der Waals surface area contributed by atoms with Crippen molar-refractivity contribution in [3.8, 4) is 5.75 Å². The number of halogens is 2. The molecule has 0 bridgehead atoms. The molecule has 1 atom stereocenters. The Kier molecular flexibility index (Phi) is 5.17. The van der Waals surface area contributed by atoms with Crippen LogP contribution in [0.2, 0.25) is 0 Å². The molecule has 29 heavy (non-hydrogen) atoms. The summed E-state index contributed by atoms with van der Waals surface area (Å²) in [6, 6.07) is 11.5. The third-order valence-electron chi connectivity index (χ3n) is 5.04. The number of fused-ring (bicyclic) bond motifs is 1. The first-order valence-corrected chi connectivity index (χ1v) is 10.2. The third-order valence-corrected chi connectivity index (χ3v) is 5.57. The summed E-state index contributed by atoms with van der Waals surface area (Å²) in [5.74, 6) is 0.214. The molecule has 0 fully saturated rings. The molecule has 2 aromatic carbocycles. The highest BCUT2D eigenvalue weighted by atomic mass is 79.9. The van der Waals surface area contributed by atoms with E-state index in [1.54, 1.807) is 11.0 Å². The second-order valence-electron chi connectivity index (χ2n) is 7.50. The van der Waals surface area contributed by atoms with E-state index < -0.39 is 6.04 Å². The van der Waals surface area contributed by atoms with Crippen molar-refractivity contribution in [2.75, 3.05) is 12.0 Å². The minimum atomic E-state index is -0.457. The lowest BCUT2D eigenvalue weighted by molar-refractivity contribution is 0.0988. The predicted molar refractivity (Wildman–Crippen MR) is 113 cm³/mol. The van der Waals surface area contributed by atoms with Crippen LogP contribution in [0.25, 0.3) is 0 Å². The fraction of sp³-hybridized carbons (Fsp3) is 0.273. The van der Waals surface area contributed by atoms with Crippen molar-refractivity contribution < 1.29 is 13.9 Å². The number of aromatic amines is 1. The molecular weight excluding hydrogens is 437 g/mol. The van der Waals surface area contributed by atoms with Crippen molar-refractivity contribution >= 4 is 27.5 Å². The Morgan fingerprint density at radius 3 is 2.62 bits per heavy atom. The zero-order chi connectivity index (χ0) is 20.7. The fourth-order valence-corrected chi connectivity index (χ4v) is 4.09. The van der Waals surface area contributed by atoms with Gasteiger partial charge in [-0.2, -0.15) is 5.10 Å². The van der Waals surface area contributed by atoms with Crippen molar-refractivity contribution in [2.24, 2.45) is 5.92 Å². The van der Waals surface area contributed by atoms with E-state index in [-0.39, 0.29) is 11.7 Å². The highest BCUT2D eigenvalue weighted by molar-refractivity contribution is 9.10. The second kappa shape index (κ2) is 7.63. The number of nitrogens with one attached hydrogen (secondary N) is 1. The molecule has 1 unspecified atom stereocenters. The van der Waals surface area contributed by atoms with Gasteiger partial charge in [-0.25, -0.2) is 4.39 Å². The predicted octanol–water partition coefficient (Wildman–Crippen LogP) is 5.27. The van der Waals surface area contributed by atoms with Gasteiger partial charge in [0, 0.05) is 27.4 Å². The Balaban J connectivity index is 1.93. The number of carbonyl (C=O) groups is 1. The first-order chi connectivity index (χ1) is 13.9. The van der Waals surface area contributed by atoms with Crippen LogP contribution < -0.4 is 9.64 Å². The zero-order valence-electron chi connectivity index (χ0n) is 16.4. The number of aromatic nitrogens is 2. The van der Waals surface area contributed by atoms with E-state index in [4.69, 9.17) is 4.74 Å². The number of rotatable bonds is 5. The number of hydrogen-bond acceptors (Lipinski definition) is 3. The monoisotopic (exact) mass is 457 g/mol. The van der Waals surface area contributed by atoms with E-state index in [0.29, 0.717) is 17.4 Å². The maximum atomic E-state index is 13.9. The SMILES string of the molecule is COc1cc(F)ccc1C1c2c(CC(C)C)n[nH]c2C(=O)N1c1ccc(Br)cc1. The molecule has 2 heterocycles. The Labute approximate surface area is 177 Å². The first kappa shape index (κ1) is 19.6. The van der Waals surface area contributed by atoms with Crippen LogP contribution in [0.3, 0.4) is 0 Å². The van der Waals surface area contributed by atoms with Crippen molar-refractivity contribution in [1.29, 1.82) is 0 Å². The van der Waals surface area contributed by atoms with E-state index in [9.17, 15) is 9.18 Å². The van der Waals surface area contributed by atoms with Gasteiger partial charge in [-0.3, -0.25) is 14.8 Å². The van der Waals surface area contributed by atoms with Crippen molar-refractivity contribution in [1.82, 2.24) is 10.2 Å². The van der Waals surface area contributed by atoms with Gasteiger partial charge in [0.25, 0.3) is 5.91 Å².